The van der Waals surface area contributed by atoms with E-state index in [9.17, 15) is 9.59 Å². The Morgan fingerprint density at radius 2 is 1.81 bits per heavy atom. The molecule has 2 aromatic rings. The second-order valence-corrected chi connectivity index (χ2v) is 6.87. The predicted molar refractivity (Wildman–Crippen MR) is 104 cm³/mol. The molecule has 0 aliphatic carbocycles. The normalized spacial score (nSPS) is 15.2. The number of nitrogens with zero attached hydrogens (tertiary/aromatic N) is 2. The fraction of sp³-hybridized carbons (Fsp3) is 0.364. The van der Waals surface area contributed by atoms with E-state index in [-0.39, 0.29) is 17.9 Å². The first-order chi connectivity index (χ1) is 12.6. The van der Waals surface area contributed by atoms with Gasteiger partial charge < -0.3 is 9.80 Å². The van der Waals surface area contributed by atoms with Crippen LogP contribution in [0.1, 0.15) is 49.0 Å². The Morgan fingerprint density at radius 1 is 1.12 bits per heavy atom. The van der Waals surface area contributed by atoms with Crippen molar-refractivity contribution in [2.45, 2.75) is 45.7 Å². The molecule has 4 heteroatoms. The molecule has 4 nitrogen and oxygen atoms in total. The molecule has 1 aliphatic rings. The molecule has 1 fully saturated rings. The van der Waals surface area contributed by atoms with Crippen molar-refractivity contribution in [1.29, 1.82) is 0 Å². The van der Waals surface area contributed by atoms with Gasteiger partial charge >= 0.3 is 0 Å². The molecule has 1 unspecified atom stereocenters. The first-order valence-corrected chi connectivity index (χ1v) is 9.35. The Hall–Kier alpha value is -2.62. The predicted octanol–water partition coefficient (Wildman–Crippen LogP) is 4.25. The fourth-order valence-corrected chi connectivity index (χ4v) is 3.30. The Bertz CT molecular complexity index is 755. The summed E-state index contributed by atoms with van der Waals surface area (Å²) in [6, 6.07) is 17.7. The van der Waals surface area contributed by atoms with Gasteiger partial charge in [0.2, 0.25) is 5.91 Å². The lowest BCUT2D eigenvalue weighted by atomic mass is 10.1. The van der Waals surface area contributed by atoms with Crippen LogP contribution >= 0.6 is 0 Å². The lowest BCUT2D eigenvalue weighted by Gasteiger charge is -2.29. The van der Waals surface area contributed by atoms with Crippen LogP contribution in [0.4, 0.5) is 5.69 Å². The van der Waals surface area contributed by atoms with Crippen LogP contribution in [0.2, 0.25) is 0 Å². The summed E-state index contributed by atoms with van der Waals surface area (Å²) in [6.45, 7) is 5.54. The Balaban J connectivity index is 1.78. The quantitative estimate of drug-likeness (QED) is 0.781. The van der Waals surface area contributed by atoms with Crippen molar-refractivity contribution in [3.8, 4) is 0 Å². The van der Waals surface area contributed by atoms with Crippen molar-refractivity contribution in [3.63, 3.8) is 0 Å². The lowest BCUT2D eigenvalue weighted by molar-refractivity contribution is -0.117. The minimum atomic E-state index is 0.0301. The van der Waals surface area contributed by atoms with Crippen LogP contribution in [0.15, 0.2) is 54.6 Å². The van der Waals surface area contributed by atoms with Crippen molar-refractivity contribution < 1.29 is 9.59 Å². The third kappa shape index (κ3) is 3.96. The van der Waals surface area contributed by atoms with Crippen molar-refractivity contribution >= 4 is 17.5 Å². The average Bonchev–Trinajstić information content (AvgIpc) is 3.12. The third-order valence-corrected chi connectivity index (χ3v) is 5.08. The van der Waals surface area contributed by atoms with E-state index in [0.29, 0.717) is 18.5 Å². The van der Waals surface area contributed by atoms with Gasteiger partial charge in [0.1, 0.15) is 0 Å². The maximum atomic E-state index is 13.1. The van der Waals surface area contributed by atoms with E-state index in [2.05, 4.69) is 13.8 Å². The third-order valence-electron chi connectivity index (χ3n) is 5.08. The zero-order valence-corrected chi connectivity index (χ0v) is 15.5. The van der Waals surface area contributed by atoms with Crippen LogP contribution in [0, 0.1) is 0 Å². The van der Waals surface area contributed by atoms with Crippen LogP contribution in [0.3, 0.4) is 0 Å². The summed E-state index contributed by atoms with van der Waals surface area (Å²) in [6.07, 6.45) is 2.41. The molecule has 136 valence electrons. The number of amides is 2. The van der Waals surface area contributed by atoms with Gasteiger partial charge in [0.15, 0.2) is 0 Å². The summed E-state index contributed by atoms with van der Waals surface area (Å²) in [5.41, 5.74) is 2.67. The number of anilines is 1. The van der Waals surface area contributed by atoms with Gasteiger partial charge in [-0.1, -0.05) is 37.3 Å². The van der Waals surface area contributed by atoms with Crippen molar-refractivity contribution in [2.75, 3.05) is 11.4 Å². The molecule has 0 N–H and O–H groups in total. The fourth-order valence-electron chi connectivity index (χ4n) is 3.30. The molecule has 2 aromatic carbocycles. The molecule has 1 aliphatic heterocycles. The molecule has 26 heavy (non-hydrogen) atoms. The zero-order valence-electron chi connectivity index (χ0n) is 15.5. The molecule has 0 aromatic heterocycles. The molecule has 3 rings (SSSR count). The molecule has 2 amide bonds. The van der Waals surface area contributed by atoms with Gasteiger partial charge in [-0.25, -0.2) is 0 Å². The van der Waals surface area contributed by atoms with Crippen LogP contribution in [-0.2, 0) is 11.3 Å². The number of benzene rings is 2. The number of carbonyl (C=O) groups is 2. The van der Waals surface area contributed by atoms with Gasteiger partial charge in [0.05, 0.1) is 0 Å². The van der Waals surface area contributed by atoms with E-state index in [4.69, 9.17) is 0 Å². The van der Waals surface area contributed by atoms with Gasteiger partial charge in [-0.2, -0.15) is 0 Å². The highest BCUT2D eigenvalue weighted by molar-refractivity contribution is 5.97. The largest absolute Gasteiger partial charge is 0.332 e. The summed E-state index contributed by atoms with van der Waals surface area (Å²) in [4.78, 5) is 28.7. The highest BCUT2D eigenvalue weighted by Crippen LogP contribution is 2.23. The van der Waals surface area contributed by atoms with E-state index in [0.717, 1.165) is 30.6 Å². The number of hydrogen-bond acceptors (Lipinski definition) is 2. The van der Waals surface area contributed by atoms with Crippen LogP contribution in [0.5, 0.6) is 0 Å². The molecule has 0 saturated carbocycles. The van der Waals surface area contributed by atoms with Crippen LogP contribution < -0.4 is 4.90 Å². The zero-order chi connectivity index (χ0) is 18.5. The molecular weight excluding hydrogens is 324 g/mol. The monoisotopic (exact) mass is 350 g/mol. The Morgan fingerprint density at radius 3 is 2.38 bits per heavy atom. The molecule has 1 atom stereocenters. The molecule has 1 saturated heterocycles. The molecule has 0 bridgehead atoms. The van der Waals surface area contributed by atoms with Gasteiger partial charge in [-0.15, -0.1) is 0 Å². The first-order valence-electron chi connectivity index (χ1n) is 9.35. The number of hydrogen-bond donors (Lipinski definition) is 0. The van der Waals surface area contributed by atoms with Gasteiger partial charge in [0, 0.05) is 36.8 Å². The van der Waals surface area contributed by atoms with E-state index in [1.165, 1.54) is 0 Å². The Labute approximate surface area is 155 Å². The summed E-state index contributed by atoms with van der Waals surface area (Å²) in [5, 5.41) is 0. The van der Waals surface area contributed by atoms with Crippen molar-refractivity contribution in [1.82, 2.24) is 4.90 Å². The van der Waals surface area contributed by atoms with Gasteiger partial charge in [-0.3, -0.25) is 9.59 Å². The first kappa shape index (κ1) is 18.2. The average molecular weight is 350 g/mol. The highest BCUT2D eigenvalue weighted by Gasteiger charge is 2.23. The Kier molecular flexibility index (Phi) is 5.71. The van der Waals surface area contributed by atoms with Crippen LogP contribution in [0.25, 0.3) is 0 Å². The molecule has 0 radical (unpaired) electrons. The summed E-state index contributed by atoms with van der Waals surface area (Å²) < 4.78 is 0. The lowest BCUT2D eigenvalue weighted by Crippen LogP contribution is -2.37. The van der Waals surface area contributed by atoms with Crippen molar-refractivity contribution in [2.24, 2.45) is 0 Å². The number of carbonyl (C=O) groups excluding carboxylic acids is 2. The second kappa shape index (κ2) is 8.17. The maximum Gasteiger partial charge on any atom is 0.254 e. The van der Waals surface area contributed by atoms with Crippen molar-refractivity contribution in [3.05, 3.63) is 65.7 Å². The summed E-state index contributed by atoms with van der Waals surface area (Å²) in [5.74, 6) is 0.192. The second-order valence-electron chi connectivity index (χ2n) is 6.87. The van der Waals surface area contributed by atoms with E-state index in [1.54, 1.807) is 4.90 Å². The van der Waals surface area contributed by atoms with E-state index < -0.39 is 0 Å². The molecule has 1 heterocycles. The van der Waals surface area contributed by atoms with E-state index in [1.807, 2.05) is 59.5 Å². The minimum Gasteiger partial charge on any atom is -0.332 e. The molecule has 0 spiro atoms. The summed E-state index contributed by atoms with van der Waals surface area (Å²) >= 11 is 0. The van der Waals surface area contributed by atoms with Gasteiger partial charge in [0.25, 0.3) is 5.91 Å². The SMILES string of the molecule is CCC(C)N(Cc1ccccc1)C(=O)c1ccc(N2CCCC2=O)cc1. The number of rotatable bonds is 6. The smallest absolute Gasteiger partial charge is 0.254 e. The van der Waals surface area contributed by atoms with Gasteiger partial charge in [-0.05, 0) is 49.6 Å². The molecular formula is C22H26N2O2. The standard InChI is InChI=1S/C22H26N2O2/c1-3-17(2)24(16-18-8-5-4-6-9-18)22(26)19-11-13-20(14-12-19)23-15-7-10-21(23)25/h4-6,8-9,11-14,17H,3,7,10,15-16H2,1-2H3. The van der Waals surface area contributed by atoms with Crippen LogP contribution in [-0.4, -0.2) is 29.3 Å². The van der Waals surface area contributed by atoms with E-state index >= 15 is 0 Å². The highest BCUT2D eigenvalue weighted by atomic mass is 16.2. The summed E-state index contributed by atoms with van der Waals surface area (Å²) in [7, 11) is 0. The minimum absolute atomic E-state index is 0.0301. The maximum absolute atomic E-state index is 13.1. The topological polar surface area (TPSA) is 40.6 Å².